The van der Waals surface area contributed by atoms with E-state index in [1.165, 1.54) is 18.2 Å². The van der Waals surface area contributed by atoms with Gasteiger partial charge in [0.1, 0.15) is 5.69 Å². The first-order chi connectivity index (χ1) is 12.5. The van der Waals surface area contributed by atoms with E-state index >= 15 is 0 Å². The van der Waals surface area contributed by atoms with E-state index < -0.39 is 10.8 Å². The molecule has 0 bridgehead atoms. The van der Waals surface area contributed by atoms with E-state index in [0.29, 0.717) is 5.89 Å². The van der Waals surface area contributed by atoms with E-state index in [1.807, 2.05) is 24.3 Å². The molecule has 0 radical (unpaired) electrons. The van der Waals surface area contributed by atoms with E-state index in [9.17, 15) is 14.9 Å². The number of aromatic nitrogens is 2. The lowest BCUT2D eigenvalue weighted by molar-refractivity contribution is -0.383. The second-order valence-electron chi connectivity index (χ2n) is 4.99. The molecule has 3 aromatic rings. The van der Waals surface area contributed by atoms with E-state index in [-0.39, 0.29) is 22.4 Å². The van der Waals surface area contributed by atoms with Crippen LogP contribution in [0.4, 0.5) is 11.4 Å². The van der Waals surface area contributed by atoms with Crippen molar-refractivity contribution in [3.8, 4) is 11.5 Å². The normalized spacial score (nSPS) is 10.5. The molecule has 0 saturated heterocycles. The molecule has 1 heterocycles. The Balaban J connectivity index is 1.60. The number of rotatable bonds is 6. The number of benzene rings is 2. The van der Waals surface area contributed by atoms with E-state index in [1.54, 1.807) is 6.07 Å². The number of thioether (sulfide) groups is 1. The molecule has 2 aromatic carbocycles. The molecule has 0 aliphatic heterocycles. The van der Waals surface area contributed by atoms with Gasteiger partial charge in [-0.25, -0.2) is 0 Å². The van der Waals surface area contributed by atoms with Crippen LogP contribution in [0.5, 0.6) is 0 Å². The Bertz CT molecular complexity index is 945. The Kier molecular flexibility index (Phi) is 5.64. The van der Waals surface area contributed by atoms with Crippen LogP contribution < -0.4 is 5.32 Å². The van der Waals surface area contributed by atoms with Crippen LogP contribution in [0.15, 0.2) is 62.6 Å². The van der Waals surface area contributed by atoms with Gasteiger partial charge in [0, 0.05) is 16.1 Å². The minimum atomic E-state index is -0.550. The third-order valence-corrected chi connectivity index (χ3v) is 4.55. The van der Waals surface area contributed by atoms with Gasteiger partial charge >= 0.3 is 0 Å². The summed E-state index contributed by atoms with van der Waals surface area (Å²) >= 11 is 4.40. The highest BCUT2D eigenvalue weighted by molar-refractivity contribution is 9.10. The summed E-state index contributed by atoms with van der Waals surface area (Å²) in [5.74, 6) is -0.0830. The van der Waals surface area contributed by atoms with Crippen LogP contribution in [0.2, 0.25) is 0 Å². The number of carbonyl (C=O) groups is 1. The predicted molar refractivity (Wildman–Crippen MR) is 99.9 cm³/mol. The fraction of sp³-hybridized carbons (Fsp3) is 0.0625. The van der Waals surface area contributed by atoms with Crippen molar-refractivity contribution in [2.75, 3.05) is 11.1 Å². The fourth-order valence-corrected chi connectivity index (χ4v) is 2.86. The summed E-state index contributed by atoms with van der Waals surface area (Å²) < 4.78 is 6.44. The van der Waals surface area contributed by atoms with E-state index in [4.69, 9.17) is 4.42 Å². The molecule has 26 heavy (non-hydrogen) atoms. The van der Waals surface area contributed by atoms with Crippen molar-refractivity contribution in [3.63, 3.8) is 0 Å². The van der Waals surface area contributed by atoms with Crippen molar-refractivity contribution in [2.45, 2.75) is 5.22 Å². The van der Waals surface area contributed by atoms with Gasteiger partial charge < -0.3 is 9.73 Å². The minimum absolute atomic E-state index is 0.0198. The zero-order valence-electron chi connectivity index (χ0n) is 13.1. The molecule has 0 fully saturated rings. The summed E-state index contributed by atoms with van der Waals surface area (Å²) in [4.78, 5) is 22.4. The number of nitrogens with one attached hydrogen (secondary N) is 1. The maximum Gasteiger partial charge on any atom is 0.292 e. The summed E-state index contributed by atoms with van der Waals surface area (Å²) in [6.45, 7) is 0. The number of hydrogen-bond acceptors (Lipinski definition) is 7. The maximum atomic E-state index is 12.0. The van der Waals surface area contributed by atoms with Gasteiger partial charge in [0.05, 0.1) is 10.7 Å². The lowest BCUT2D eigenvalue weighted by Gasteiger charge is -2.04. The van der Waals surface area contributed by atoms with Gasteiger partial charge in [-0.2, -0.15) is 0 Å². The second kappa shape index (κ2) is 8.11. The first kappa shape index (κ1) is 18.1. The number of para-hydroxylation sites is 2. The Morgan fingerprint density at radius 3 is 2.65 bits per heavy atom. The molecule has 0 aliphatic carbocycles. The van der Waals surface area contributed by atoms with Crippen molar-refractivity contribution < 1.29 is 14.1 Å². The number of nitro groups is 1. The number of hydrogen-bond donors (Lipinski definition) is 1. The van der Waals surface area contributed by atoms with E-state index in [0.717, 1.165) is 21.8 Å². The highest BCUT2D eigenvalue weighted by atomic mass is 79.9. The van der Waals surface area contributed by atoms with Gasteiger partial charge in [-0.1, -0.05) is 39.8 Å². The quantitative estimate of drug-likeness (QED) is 0.352. The number of halogens is 1. The molecule has 3 rings (SSSR count). The molecule has 0 saturated carbocycles. The molecule has 1 amide bonds. The lowest BCUT2D eigenvalue weighted by atomic mass is 10.2. The zero-order chi connectivity index (χ0) is 18.5. The summed E-state index contributed by atoms with van der Waals surface area (Å²) in [5.41, 5.74) is 0.738. The standard InChI is InChI=1S/C16H11BrN4O4S/c17-11-7-5-10(6-8-11)15-19-20-16(25-15)26-9-14(22)18-12-3-1-2-4-13(12)21(23)24/h1-8H,9H2,(H,18,22). The predicted octanol–water partition coefficient (Wildman–Crippen LogP) is 4.14. The summed E-state index contributed by atoms with van der Waals surface area (Å²) in [7, 11) is 0. The lowest BCUT2D eigenvalue weighted by Crippen LogP contribution is -2.15. The zero-order valence-corrected chi connectivity index (χ0v) is 15.5. The summed E-state index contributed by atoms with van der Waals surface area (Å²) in [6, 6.07) is 13.3. The molecule has 1 N–H and O–H groups in total. The number of nitro benzene ring substituents is 1. The van der Waals surface area contributed by atoms with Gasteiger partial charge in [0.25, 0.3) is 10.9 Å². The first-order valence-corrected chi connectivity index (χ1v) is 9.06. The maximum absolute atomic E-state index is 12.0. The molecule has 0 spiro atoms. The average molecular weight is 435 g/mol. The second-order valence-corrected chi connectivity index (χ2v) is 6.83. The van der Waals surface area contributed by atoms with Gasteiger partial charge in [0.15, 0.2) is 0 Å². The third-order valence-electron chi connectivity index (χ3n) is 3.20. The smallest absolute Gasteiger partial charge is 0.292 e. The largest absolute Gasteiger partial charge is 0.411 e. The first-order valence-electron chi connectivity index (χ1n) is 7.28. The minimum Gasteiger partial charge on any atom is -0.411 e. The Labute approximate surface area is 160 Å². The van der Waals surface area contributed by atoms with Gasteiger partial charge in [-0.15, -0.1) is 10.2 Å². The highest BCUT2D eigenvalue weighted by Gasteiger charge is 2.16. The number of nitrogens with zero attached hydrogens (tertiary/aromatic N) is 3. The van der Waals surface area contributed by atoms with Crippen molar-refractivity contribution in [1.82, 2.24) is 10.2 Å². The van der Waals surface area contributed by atoms with Crippen LogP contribution in [0, 0.1) is 10.1 Å². The van der Waals surface area contributed by atoms with Crippen molar-refractivity contribution in [2.24, 2.45) is 0 Å². The van der Waals surface area contributed by atoms with Crippen molar-refractivity contribution >= 4 is 45.0 Å². The third kappa shape index (κ3) is 4.46. The number of amides is 1. The van der Waals surface area contributed by atoms with Crippen LogP contribution in [0.1, 0.15) is 0 Å². The molecule has 132 valence electrons. The van der Waals surface area contributed by atoms with Crippen molar-refractivity contribution in [3.05, 3.63) is 63.1 Å². The fourth-order valence-electron chi connectivity index (χ4n) is 2.03. The number of anilines is 1. The van der Waals surface area contributed by atoms with Gasteiger partial charge in [-0.05, 0) is 30.3 Å². The SMILES string of the molecule is O=C(CSc1nnc(-c2ccc(Br)cc2)o1)Nc1ccccc1[N+](=O)[O-]. The van der Waals surface area contributed by atoms with E-state index in [2.05, 4.69) is 31.4 Å². The van der Waals surface area contributed by atoms with Crippen LogP contribution in [0.25, 0.3) is 11.5 Å². The topological polar surface area (TPSA) is 111 Å². The Morgan fingerprint density at radius 1 is 1.19 bits per heavy atom. The highest BCUT2D eigenvalue weighted by Crippen LogP contribution is 2.26. The molecule has 10 heteroatoms. The molecular weight excluding hydrogens is 424 g/mol. The van der Waals surface area contributed by atoms with Crippen molar-refractivity contribution in [1.29, 1.82) is 0 Å². The molecule has 0 aliphatic rings. The average Bonchev–Trinajstić information content (AvgIpc) is 3.10. The molecule has 0 atom stereocenters. The molecule has 8 nitrogen and oxygen atoms in total. The van der Waals surface area contributed by atoms with Crippen LogP contribution in [0.3, 0.4) is 0 Å². The Hall–Kier alpha value is -2.72. The number of carbonyl (C=O) groups excluding carboxylic acids is 1. The Morgan fingerprint density at radius 2 is 1.92 bits per heavy atom. The van der Waals surface area contributed by atoms with Gasteiger partial charge in [-0.3, -0.25) is 14.9 Å². The van der Waals surface area contributed by atoms with Crippen LogP contribution >= 0.6 is 27.7 Å². The van der Waals surface area contributed by atoms with Crippen LogP contribution in [-0.4, -0.2) is 26.8 Å². The molecular formula is C16H11BrN4O4S. The molecule has 0 unspecified atom stereocenters. The summed E-state index contributed by atoms with van der Waals surface area (Å²) in [5, 5.41) is 21.5. The van der Waals surface area contributed by atoms with Crippen LogP contribution in [-0.2, 0) is 4.79 Å². The van der Waals surface area contributed by atoms with Gasteiger partial charge in [0.2, 0.25) is 11.8 Å². The summed E-state index contributed by atoms with van der Waals surface area (Å²) in [6.07, 6.45) is 0. The molecule has 1 aromatic heterocycles. The monoisotopic (exact) mass is 434 g/mol.